The monoisotopic (exact) mass is 254 g/mol. The Balaban J connectivity index is 1.92. The maximum Gasteiger partial charge on any atom is 0.331 e. The van der Waals surface area contributed by atoms with Crippen LogP contribution >= 0.6 is 0 Å². The number of carbonyl (C=O) groups excluding carboxylic acids is 1. The first-order chi connectivity index (χ1) is 9.34. The van der Waals surface area contributed by atoms with Crippen LogP contribution in [0.5, 0.6) is 0 Å². The van der Waals surface area contributed by atoms with Crippen LogP contribution < -0.4 is 5.32 Å². The number of hydrogen-bond acceptors (Lipinski definition) is 4. The summed E-state index contributed by atoms with van der Waals surface area (Å²) in [6.07, 6.45) is 9.59. The van der Waals surface area contributed by atoms with Crippen molar-refractivity contribution in [3.05, 3.63) is 55.5 Å². The first-order valence-electron chi connectivity index (χ1n) is 5.59. The van der Waals surface area contributed by atoms with Gasteiger partial charge in [-0.25, -0.2) is 19.4 Å². The predicted octanol–water partition coefficient (Wildman–Crippen LogP) is 1.54. The third-order valence-corrected chi connectivity index (χ3v) is 2.49. The summed E-state index contributed by atoms with van der Waals surface area (Å²) in [7, 11) is 0. The van der Waals surface area contributed by atoms with E-state index in [4.69, 9.17) is 0 Å². The van der Waals surface area contributed by atoms with Gasteiger partial charge < -0.3 is 5.32 Å². The molecule has 0 bridgehead atoms. The van der Waals surface area contributed by atoms with Gasteiger partial charge in [0.05, 0.1) is 5.69 Å². The molecule has 7 heteroatoms. The van der Waals surface area contributed by atoms with Crippen molar-refractivity contribution in [2.24, 2.45) is 0 Å². The molecule has 0 unspecified atom stereocenters. The number of rotatable bonds is 2. The SMILES string of the molecule is O=C(Nc1cccnc1-n1cccn1)n1ccnc1. The van der Waals surface area contributed by atoms with Crippen LogP contribution in [0.15, 0.2) is 55.5 Å². The van der Waals surface area contributed by atoms with E-state index in [2.05, 4.69) is 20.4 Å². The lowest BCUT2D eigenvalue weighted by atomic mass is 10.4. The maximum absolute atomic E-state index is 12.0. The summed E-state index contributed by atoms with van der Waals surface area (Å²) < 4.78 is 2.93. The van der Waals surface area contributed by atoms with E-state index in [1.807, 2.05) is 0 Å². The van der Waals surface area contributed by atoms with Crippen molar-refractivity contribution in [3.63, 3.8) is 0 Å². The molecule has 0 atom stereocenters. The lowest BCUT2D eigenvalue weighted by Gasteiger charge is -2.09. The van der Waals surface area contributed by atoms with E-state index < -0.39 is 0 Å². The Bertz CT molecular complexity index is 674. The van der Waals surface area contributed by atoms with Gasteiger partial charge in [-0.3, -0.25) is 4.57 Å². The lowest BCUT2D eigenvalue weighted by molar-refractivity contribution is 0.253. The van der Waals surface area contributed by atoms with Gasteiger partial charge in [0.2, 0.25) is 0 Å². The number of hydrogen-bond donors (Lipinski definition) is 1. The van der Waals surface area contributed by atoms with Crippen molar-refractivity contribution in [1.29, 1.82) is 0 Å². The van der Waals surface area contributed by atoms with Crippen molar-refractivity contribution in [2.45, 2.75) is 0 Å². The van der Waals surface area contributed by atoms with Crippen molar-refractivity contribution in [2.75, 3.05) is 5.32 Å². The van der Waals surface area contributed by atoms with E-state index in [1.54, 1.807) is 47.7 Å². The molecule has 0 aliphatic rings. The van der Waals surface area contributed by atoms with Crippen LogP contribution in [0.2, 0.25) is 0 Å². The topological polar surface area (TPSA) is 77.6 Å². The fourth-order valence-corrected chi connectivity index (χ4v) is 1.63. The maximum atomic E-state index is 12.0. The molecule has 19 heavy (non-hydrogen) atoms. The lowest BCUT2D eigenvalue weighted by Crippen LogP contribution is -2.19. The molecule has 94 valence electrons. The summed E-state index contributed by atoms with van der Waals surface area (Å²) in [6.45, 7) is 0. The van der Waals surface area contributed by atoms with Gasteiger partial charge in [0.1, 0.15) is 6.33 Å². The zero-order valence-corrected chi connectivity index (χ0v) is 9.84. The van der Waals surface area contributed by atoms with Crippen LogP contribution in [-0.4, -0.2) is 30.3 Å². The van der Waals surface area contributed by atoms with Crippen LogP contribution in [0.4, 0.5) is 10.5 Å². The molecule has 0 radical (unpaired) electrons. The minimum absolute atomic E-state index is 0.307. The Labute approximate surface area is 108 Å². The molecule has 0 aromatic carbocycles. The minimum atomic E-state index is -0.307. The fourth-order valence-electron chi connectivity index (χ4n) is 1.63. The van der Waals surface area contributed by atoms with Gasteiger partial charge in [0.25, 0.3) is 0 Å². The normalized spacial score (nSPS) is 10.3. The Morgan fingerprint density at radius 1 is 1.16 bits per heavy atom. The van der Waals surface area contributed by atoms with Crippen LogP contribution in [-0.2, 0) is 0 Å². The predicted molar refractivity (Wildman–Crippen MR) is 68.0 cm³/mol. The van der Waals surface area contributed by atoms with Crippen molar-refractivity contribution >= 4 is 11.7 Å². The molecule has 3 aromatic heterocycles. The molecule has 1 amide bonds. The second-order valence-electron chi connectivity index (χ2n) is 3.73. The molecule has 0 spiro atoms. The molecule has 3 heterocycles. The van der Waals surface area contributed by atoms with Crippen LogP contribution in [0, 0.1) is 0 Å². The van der Waals surface area contributed by atoms with E-state index in [0.29, 0.717) is 11.5 Å². The minimum Gasteiger partial charge on any atom is -0.304 e. The first kappa shape index (κ1) is 11.1. The Morgan fingerprint density at radius 2 is 2.11 bits per heavy atom. The Kier molecular flexibility index (Phi) is 2.77. The van der Waals surface area contributed by atoms with E-state index >= 15 is 0 Å². The highest BCUT2D eigenvalue weighted by atomic mass is 16.2. The molecule has 3 aromatic rings. The van der Waals surface area contributed by atoms with Gasteiger partial charge in [-0.2, -0.15) is 5.10 Å². The average molecular weight is 254 g/mol. The summed E-state index contributed by atoms with van der Waals surface area (Å²) in [4.78, 5) is 20.0. The highest BCUT2D eigenvalue weighted by Crippen LogP contribution is 2.16. The number of nitrogens with one attached hydrogen (secondary N) is 1. The first-order valence-corrected chi connectivity index (χ1v) is 5.59. The number of nitrogens with zero attached hydrogens (tertiary/aromatic N) is 5. The number of carbonyl (C=O) groups is 1. The molecule has 1 N–H and O–H groups in total. The second-order valence-corrected chi connectivity index (χ2v) is 3.73. The van der Waals surface area contributed by atoms with E-state index in [1.165, 1.54) is 17.1 Å². The highest BCUT2D eigenvalue weighted by molar-refractivity contribution is 5.92. The number of imidazole rings is 1. The molecule has 0 saturated carbocycles. The third-order valence-electron chi connectivity index (χ3n) is 2.49. The second kappa shape index (κ2) is 4.73. The molecule has 0 fully saturated rings. The smallest absolute Gasteiger partial charge is 0.304 e. The molecule has 0 saturated heterocycles. The van der Waals surface area contributed by atoms with E-state index in [9.17, 15) is 4.79 Å². The van der Waals surface area contributed by atoms with Gasteiger partial charge >= 0.3 is 6.03 Å². The quantitative estimate of drug-likeness (QED) is 0.752. The zero-order chi connectivity index (χ0) is 13.1. The third kappa shape index (κ3) is 2.21. The van der Waals surface area contributed by atoms with Gasteiger partial charge in [-0.15, -0.1) is 0 Å². The average Bonchev–Trinajstić information content (AvgIpc) is 3.13. The number of aromatic nitrogens is 5. The van der Waals surface area contributed by atoms with Gasteiger partial charge in [-0.05, 0) is 18.2 Å². The standard InChI is InChI=1S/C12H10N6O/c19-12(17-8-6-13-9-17)16-10-3-1-4-14-11(10)18-7-2-5-15-18/h1-9H,(H,16,19). The van der Waals surface area contributed by atoms with E-state index in [0.717, 1.165) is 0 Å². The zero-order valence-electron chi connectivity index (χ0n) is 9.84. The number of anilines is 1. The fraction of sp³-hybridized carbons (Fsp3) is 0. The van der Waals surface area contributed by atoms with Crippen LogP contribution in [0.25, 0.3) is 5.82 Å². The Morgan fingerprint density at radius 3 is 2.84 bits per heavy atom. The van der Waals surface area contributed by atoms with Gasteiger partial charge in [-0.1, -0.05) is 0 Å². The molecule has 7 nitrogen and oxygen atoms in total. The van der Waals surface area contributed by atoms with Gasteiger partial charge in [0, 0.05) is 31.0 Å². The number of amides is 1. The summed E-state index contributed by atoms with van der Waals surface area (Å²) in [5.41, 5.74) is 0.574. The number of pyridine rings is 1. The summed E-state index contributed by atoms with van der Waals surface area (Å²) in [5.74, 6) is 0.556. The Hall–Kier alpha value is -2.96. The summed E-state index contributed by atoms with van der Waals surface area (Å²) >= 11 is 0. The van der Waals surface area contributed by atoms with Crippen molar-refractivity contribution < 1.29 is 4.79 Å². The highest BCUT2D eigenvalue weighted by Gasteiger charge is 2.10. The molecular formula is C12H10N6O. The largest absolute Gasteiger partial charge is 0.331 e. The molecule has 0 aliphatic heterocycles. The molecule has 3 rings (SSSR count). The van der Waals surface area contributed by atoms with Crippen LogP contribution in [0.1, 0.15) is 0 Å². The van der Waals surface area contributed by atoms with E-state index in [-0.39, 0.29) is 6.03 Å². The molecular weight excluding hydrogens is 244 g/mol. The van der Waals surface area contributed by atoms with Crippen molar-refractivity contribution in [1.82, 2.24) is 24.3 Å². The van der Waals surface area contributed by atoms with Crippen LogP contribution in [0.3, 0.4) is 0 Å². The van der Waals surface area contributed by atoms with Gasteiger partial charge in [0.15, 0.2) is 5.82 Å². The summed E-state index contributed by atoms with van der Waals surface area (Å²) in [6, 6.07) is 4.99. The van der Waals surface area contributed by atoms with Crippen molar-refractivity contribution in [3.8, 4) is 5.82 Å². The summed E-state index contributed by atoms with van der Waals surface area (Å²) in [5, 5.41) is 6.86. The molecule has 0 aliphatic carbocycles.